The van der Waals surface area contributed by atoms with E-state index in [0.717, 1.165) is 12.8 Å². The summed E-state index contributed by atoms with van der Waals surface area (Å²) in [6, 6.07) is 0. The van der Waals surface area contributed by atoms with Crippen molar-refractivity contribution in [1.29, 1.82) is 0 Å². The van der Waals surface area contributed by atoms with E-state index in [1.807, 2.05) is 0 Å². The lowest BCUT2D eigenvalue weighted by molar-refractivity contribution is -0.140. The van der Waals surface area contributed by atoms with Gasteiger partial charge in [-0.3, -0.25) is 4.79 Å². The predicted octanol–water partition coefficient (Wildman–Crippen LogP) is 2.05. The minimum atomic E-state index is -0.0171. The van der Waals surface area contributed by atoms with E-state index in [2.05, 4.69) is 12.2 Å². The van der Waals surface area contributed by atoms with Crippen molar-refractivity contribution >= 4 is 5.97 Å². The first-order valence-corrected chi connectivity index (χ1v) is 4.72. The van der Waals surface area contributed by atoms with Gasteiger partial charge < -0.3 is 4.74 Å². The summed E-state index contributed by atoms with van der Waals surface area (Å²) in [5.41, 5.74) is 0. The van der Waals surface area contributed by atoms with Crippen LogP contribution in [-0.4, -0.2) is 12.1 Å². The SMILES string of the molecule is O=C1CC2CCCC/C=C/C2O1. The maximum Gasteiger partial charge on any atom is 0.306 e. The number of esters is 1. The number of carbonyl (C=O) groups is 1. The van der Waals surface area contributed by atoms with Crippen LogP contribution in [0.5, 0.6) is 0 Å². The topological polar surface area (TPSA) is 26.3 Å². The number of ether oxygens (including phenoxy) is 1. The van der Waals surface area contributed by atoms with Crippen LogP contribution >= 0.6 is 0 Å². The summed E-state index contributed by atoms with van der Waals surface area (Å²) < 4.78 is 5.18. The Kier molecular flexibility index (Phi) is 2.15. The molecule has 0 bridgehead atoms. The molecule has 2 nitrogen and oxygen atoms in total. The van der Waals surface area contributed by atoms with E-state index in [-0.39, 0.29) is 12.1 Å². The number of carbonyl (C=O) groups excluding carboxylic acids is 1. The second kappa shape index (κ2) is 3.30. The second-order valence-electron chi connectivity index (χ2n) is 3.63. The lowest BCUT2D eigenvalue weighted by atomic mass is 9.92. The average Bonchev–Trinajstić information content (AvgIpc) is 2.32. The fourth-order valence-corrected chi connectivity index (χ4v) is 1.99. The molecular weight excluding hydrogens is 152 g/mol. The van der Waals surface area contributed by atoms with Crippen LogP contribution in [0.15, 0.2) is 12.2 Å². The van der Waals surface area contributed by atoms with Crippen LogP contribution in [0.4, 0.5) is 0 Å². The normalized spacial score (nSPS) is 37.8. The fraction of sp³-hybridized carbons (Fsp3) is 0.700. The Labute approximate surface area is 72.6 Å². The molecule has 1 aliphatic carbocycles. The van der Waals surface area contributed by atoms with E-state index in [1.54, 1.807) is 0 Å². The molecular formula is C10H14O2. The van der Waals surface area contributed by atoms with Crippen LogP contribution in [0.3, 0.4) is 0 Å². The third-order valence-electron chi connectivity index (χ3n) is 2.68. The van der Waals surface area contributed by atoms with Crippen LogP contribution < -0.4 is 0 Å². The molecule has 1 fully saturated rings. The van der Waals surface area contributed by atoms with Crippen LogP contribution in [-0.2, 0) is 9.53 Å². The molecule has 0 spiro atoms. The Hall–Kier alpha value is -0.790. The highest BCUT2D eigenvalue weighted by Gasteiger charge is 2.32. The van der Waals surface area contributed by atoms with Gasteiger partial charge in [0.05, 0.1) is 6.42 Å². The Bertz CT molecular complexity index is 208. The Morgan fingerprint density at radius 1 is 1.42 bits per heavy atom. The van der Waals surface area contributed by atoms with Crippen molar-refractivity contribution < 1.29 is 9.53 Å². The largest absolute Gasteiger partial charge is 0.458 e. The first-order valence-electron chi connectivity index (χ1n) is 4.72. The summed E-state index contributed by atoms with van der Waals surface area (Å²) in [7, 11) is 0. The zero-order valence-corrected chi connectivity index (χ0v) is 7.16. The average molecular weight is 166 g/mol. The molecule has 2 unspecified atom stereocenters. The van der Waals surface area contributed by atoms with Crippen molar-refractivity contribution in [2.75, 3.05) is 0 Å². The van der Waals surface area contributed by atoms with Gasteiger partial charge in [0.2, 0.25) is 0 Å². The first kappa shape index (κ1) is 7.84. The molecule has 0 aromatic rings. The van der Waals surface area contributed by atoms with Crippen molar-refractivity contribution in [3.05, 3.63) is 12.2 Å². The second-order valence-corrected chi connectivity index (χ2v) is 3.63. The van der Waals surface area contributed by atoms with Gasteiger partial charge in [-0.1, -0.05) is 12.5 Å². The minimum Gasteiger partial charge on any atom is -0.458 e. The van der Waals surface area contributed by atoms with Crippen molar-refractivity contribution in [2.45, 2.75) is 38.2 Å². The molecule has 0 aromatic heterocycles. The van der Waals surface area contributed by atoms with Gasteiger partial charge in [-0.05, 0) is 25.3 Å². The van der Waals surface area contributed by atoms with Gasteiger partial charge in [-0.25, -0.2) is 0 Å². The molecule has 1 heterocycles. The number of allylic oxidation sites excluding steroid dienone is 1. The highest BCUT2D eigenvalue weighted by molar-refractivity contribution is 5.72. The molecule has 2 aliphatic rings. The van der Waals surface area contributed by atoms with E-state index in [9.17, 15) is 4.79 Å². The number of rotatable bonds is 0. The van der Waals surface area contributed by atoms with Gasteiger partial charge in [0, 0.05) is 5.92 Å². The van der Waals surface area contributed by atoms with E-state index >= 15 is 0 Å². The first-order chi connectivity index (χ1) is 5.86. The lowest BCUT2D eigenvalue weighted by Crippen LogP contribution is -2.13. The molecule has 0 aromatic carbocycles. The molecule has 0 radical (unpaired) electrons. The van der Waals surface area contributed by atoms with Crippen LogP contribution in [0.2, 0.25) is 0 Å². The van der Waals surface area contributed by atoms with E-state index in [4.69, 9.17) is 4.74 Å². The fourth-order valence-electron chi connectivity index (χ4n) is 1.99. The Balaban J connectivity index is 2.07. The van der Waals surface area contributed by atoms with Crippen LogP contribution in [0.25, 0.3) is 0 Å². The molecule has 1 saturated heterocycles. The molecule has 2 heteroatoms. The molecule has 0 saturated carbocycles. The van der Waals surface area contributed by atoms with E-state index in [1.165, 1.54) is 12.8 Å². The van der Waals surface area contributed by atoms with Gasteiger partial charge in [0.1, 0.15) is 6.10 Å². The molecule has 0 amide bonds. The van der Waals surface area contributed by atoms with Crippen LogP contribution in [0, 0.1) is 5.92 Å². The monoisotopic (exact) mass is 166 g/mol. The summed E-state index contributed by atoms with van der Waals surface area (Å²) in [5.74, 6) is 0.450. The predicted molar refractivity (Wildman–Crippen MR) is 45.6 cm³/mol. The van der Waals surface area contributed by atoms with Gasteiger partial charge in [-0.2, -0.15) is 0 Å². The molecule has 66 valence electrons. The number of hydrogen-bond donors (Lipinski definition) is 0. The zero-order chi connectivity index (χ0) is 8.39. The molecule has 2 rings (SSSR count). The summed E-state index contributed by atoms with van der Waals surface area (Å²) in [4.78, 5) is 11.0. The number of fused-ring (bicyclic) bond motifs is 1. The summed E-state index contributed by atoms with van der Waals surface area (Å²) in [5, 5.41) is 0. The summed E-state index contributed by atoms with van der Waals surface area (Å²) >= 11 is 0. The van der Waals surface area contributed by atoms with Crippen LogP contribution in [0.1, 0.15) is 32.1 Å². The highest BCUT2D eigenvalue weighted by Crippen LogP contribution is 2.29. The highest BCUT2D eigenvalue weighted by atomic mass is 16.5. The molecule has 0 N–H and O–H groups in total. The van der Waals surface area contributed by atoms with E-state index in [0.29, 0.717) is 12.3 Å². The van der Waals surface area contributed by atoms with Gasteiger partial charge in [0.25, 0.3) is 0 Å². The smallest absolute Gasteiger partial charge is 0.306 e. The van der Waals surface area contributed by atoms with Crippen molar-refractivity contribution in [3.8, 4) is 0 Å². The zero-order valence-electron chi connectivity index (χ0n) is 7.16. The standard InChI is InChI=1S/C10H14O2/c11-10-7-8-5-3-1-2-4-6-9(8)12-10/h4,6,8-9H,1-3,5,7H2/b6-4+. The Morgan fingerprint density at radius 3 is 3.25 bits per heavy atom. The minimum absolute atomic E-state index is 0.0171. The van der Waals surface area contributed by atoms with Crippen molar-refractivity contribution in [2.24, 2.45) is 5.92 Å². The number of hydrogen-bond acceptors (Lipinski definition) is 2. The summed E-state index contributed by atoms with van der Waals surface area (Å²) in [6.45, 7) is 0. The maximum absolute atomic E-state index is 11.0. The third kappa shape index (κ3) is 1.52. The maximum atomic E-state index is 11.0. The Morgan fingerprint density at radius 2 is 2.33 bits per heavy atom. The van der Waals surface area contributed by atoms with Crippen molar-refractivity contribution in [1.82, 2.24) is 0 Å². The molecule has 2 atom stereocenters. The molecule has 12 heavy (non-hydrogen) atoms. The molecule has 1 aliphatic heterocycles. The van der Waals surface area contributed by atoms with Gasteiger partial charge >= 0.3 is 5.97 Å². The summed E-state index contributed by atoms with van der Waals surface area (Å²) in [6.07, 6.45) is 9.73. The van der Waals surface area contributed by atoms with E-state index < -0.39 is 0 Å². The van der Waals surface area contributed by atoms with Crippen molar-refractivity contribution in [3.63, 3.8) is 0 Å². The van der Waals surface area contributed by atoms with Gasteiger partial charge in [-0.15, -0.1) is 0 Å². The quantitative estimate of drug-likeness (QED) is 0.406. The van der Waals surface area contributed by atoms with Gasteiger partial charge in [0.15, 0.2) is 0 Å². The third-order valence-corrected chi connectivity index (χ3v) is 2.68. The lowest BCUT2D eigenvalue weighted by Gasteiger charge is -2.15.